The van der Waals surface area contributed by atoms with E-state index in [1.54, 1.807) is 30.5 Å². The fourth-order valence-electron chi connectivity index (χ4n) is 3.30. The zero-order chi connectivity index (χ0) is 22.1. The topological polar surface area (TPSA) is 107 Å². The maximum Gasteiger partial charge on any atom is 0.306 e. The van der Waals surface area contributed by atoms with Gasteiger partial charge in [-0.3, -0.25) is 9.79 Å². The molecular weight excluding hydrogens is 445 g/mol. The standard InChI is InChI=1S/C21H21Cl2N3O5/c1-10(2)29-20-17(23)7-12(9-24-20)19-25-18(26-31-19)15-4-3-13(8-16(15)22)30-14-5-11(6-14)21(27)28/h3-4,7-11,14,17,20H,5-6H2,1-2H3,(H,27,28). The molecule has 164 valence electrons. The summed E-state index contributed by atoms with van der Waals surface area (Å²) in [5.74, 6) is 0.0346. The Balaban J connectivity index is 1.43. The number of hydrogen-bond acceptors (Lipinski definition) is 7. The number of ether oxygens (including phenoxy) is 2. The van der Waals surface area contributed by atoms with Crippen molar-refractivity contribution in [3.63, 3.8) is 0 Å². The second-order valence-electron chi connectivity index (χ2n) is 7.73. The Hall–Kier alpha value is -2.42. The molecule has 1 fully saturated rings. The minimum Gasteiger partial charge on any atom is -0.490 e. The Bertz CT molecular complexity index is 1030. The van der Waals surface area contributed by atoms with Crippen LogP contribution in [0.5, 0.6) is 5.75 Å². The Labute approximate surface area is 188 Å². The van der Waals surface area contributed by atoms with E-state index in [9.17, 15) is 4.79 Å². The summed E-state index contributed by atoms with van der Waals surface area (Å²) in [6.07, 6.45) is 3.77. The molecule has 1 aliphatic heterocycles. The van der Waals surface area contributed by atoms with Gasteiger partial charge < -0.3 is 19.1 Å². The van der Waals surface area contributed by atoms with E-state index in [0.29, 0.717) is 40.6 Å². The highest BCUT2D eigenvalue weighted by Gasteiger charge is 2.36. The monoisotopic (exact) mass is 465 g/mol. The molecule has 8 nitrogen and oxygen atoms in total. The lowest BCUT2D eigenvalue weighted by Gasteiger charge is -2.32. The van der Waals surface area contributed by atoms with Gasteiger partial charge in [0, 0.05) is 11.8 Å². The molecule has 1 aromatic heterocycles. The second-order valence-corrected chi connectivity index (χ2v) is 8.64. The van der Waals surface area contributed by atoms with Gasteiger partial charge >= 0.3 is 5.97 Å². The average Bonchev–Trinajstić information content (AvgIpc) is 3.15. The molecule has 2 aromatic rings. The molecule has 2 heterocycles. The lowest BCUT2D eigenvalue weighted by molar-refractivity contribution is -0.147. The summed E-state index contributed by atoms with van der Waals surface area (Å²) in [7, 11) is 0. The number of benzene rings is 1. The number of halogens is 2. The van der Waals surface area contributed by atoms with Crippen molar-refractivity contribution in [2.45, 2.75) is 50.5 Å². The summed E-state index contributed by atoms with van der Waals surface area (Å²) in [4.78, 5) is 19.6. The van der Waals surface area contributed by atoms with Crippen molar-refractivity contribution in [1.29, 1.82) is 0 Å². The highest BCUT2D eigenvalue weighted by atomic mass is 35.5. The number of rotatable bonds is 7. The first-order valence-corrected chi connectivity index (χ1v) is 10.7. The van der Waals surface area contributed by atoms with Crippen LogP contribution in [0.1, 0.15) is 32.6 Å². The van der Waals surface area contributed by atoms with E-state index in [1.807, 2.05) is 13.8 Å². The number of allylic oxidation sites excluding steroid dienone is 1. The predicted molar refractivity (Wildman–Crippen MR) is 116 cm³/mol. The second kappa shape index (κ2) is 8.98. The number of carbonyl (C=O) groups is 1. The molecule has 4 rings (SSSR count). The molecule has 1 N–H and O–H groups in total. The van der Waals surface area contributed by atoms with Crippen LogP contribution in [0.2, 0.25) is 5.02 Å². The highest BCUT2D eigenvalue weighted by Crippen LogP contribution is 2.35. The van der Waals surface area contributed by atoms with Gasteiger partial charge in [0.25, 0.3) is 5.89 Å². The highest BCUT2D eigenvalue weighted by molar-refractivity contribution is 6.33. The Morgan fingerprint density at radius 3 is 2.74 bits per heavy atom. The molecule has 2 atom stereocenters. The zero-order valence-electron chi connectivity index (χ0n) is 16.9. The smallest absolute Gasteiger partial charge is 0.306 e. The lowest BCUT2D eigenvalue weighted by atomic mass is 9.82. The number of aromatic nitrogens is 2. The van der Waals surface area contributed by atoms with Crippen LogP contribution in [0.3, 0.4) is 0 Å². The minimum absolute atomic E-state index is 0.00494. The van der Waals surface area contributed by atoms with Crippen LogP contribution < -0.4 is 4.74 Å². The van der Waals surface area contributed by atoms with Gasteiger partial charge in [-0.15, -0.1) is 11.6 Å². The van der Waals surface area contributed by atoms with E-state index in [4.69, 9.17) is 42.3 Å². The third-order valence-electron chi connectivity index (χ3n) is 4.98. The van der Waals surface area contributed by atoms with E-state index in [0.717, 1.165) is 0 Å². The van der Waals surface area contributed by atoms with Crippen molar-refractivity contribution < 1.29 is 23.9 Å². The number of hydrogen-bond donors (Lipinski definition) is 1. The van der Waals surface area contributed by atoms with Crippen molar-refractivity contribution in [3.8, 4) is 17.1 Å². The molecule has 0 radical (unpaired) electrons. The average molecular weight is 466 g/mol. The molecule has 31 heavy (non-hydrogen) atoms. The first-order chi connectivity index (χ1) is 14.8. The van der Waals surface area contributed by atoms with Crippen LogP contribution in [0.15, 0.2) is 33.8 Å². The van der Waals surface area contributed by atoms with Crippen molar-refractivity contribution in [2.75, 3.05) is 0 Å². The summed E-state index contributed by atoms with van der Waals surface area (Å²) in [6.45, 7) is 3.84. The van der Waals surface area contributed by atoms with E-state index in [-0.39, 0.29) is 24.0 Å². The molecule has 0 spiro atoms. The lowest BCUT2D eigenvalue weighted by Crippen LogP contribution is -2.38. The van der Waals surface area contributed by atoms with E-state index in [2.05, 4.69) is 15.1 Å². The Morgan fingerprint density at radius 2 is 2.10 bits per heavy atom. The largest absolute Gasteiger partial charge is 0.490 e. The summed E-state index contributed by atoms with van der Waals surface area (Å²) in [5.41, 5.74) is 1.19. The van der Waals surface area contributed by atoms with Crippen LogP contribution in [0, 0.1) is 5.92 Å². The summed E-state index contributed by atoms with van der Waals surface area (Å²) >= 11 is 12.7. The molecule has 0 amide bonds. The Morgan fingerprint density at radius 1 is 1.32 bits per heavy atom. The molecular formula is C21H21Cl2N3O5. The first kappa shape index (κ1) is 21.8. The number of carboxylic acid groups (broad SMARTS) is 1. The van der Waals surface area contributed by atoms with Crippen LogP contribution in [0.4, 0.5) is 0 Å². The van der Waals surface area contributed by atoms with Crippen molar-refractivity contribution in [2.24, 2.45) is 10.9 Å². The minimum atomic E-state index is -0.789. The quantitative estimate of drug-likeness (QED) is 0.601. The van der Waals surface area contributed by atoms with Crippen LogP contribution in [0.25, 0.3) is 17.0 Å². The van der Waals surface area contributed by atoms with Crippen LogP contribution >= 0.6 is 23.2 Å². The Kier molecular flexibility index (Phi) is 6.31. The fourth-order valence-corrected chi connectivity index (χ4v) is 3.82. The molecule has 1 aliphatic carbocycles. The van der Waals surface area contributed by atoms with Crippen molar-refractivity contribution >= 4 is 41.0 Å². The number of aliphatic carboxylic acids is 1. The summed E-state index contributed by atoms with van der Waals surface area (Å²) in [5, 5.41) is 12.9. The van der Waals surface area contributed by atoms with Crippen molar-refractivity contribution in [1.82, 2.24) is 10.1 Å². The molecule has 0 bridgehead atoms. The van der Waals surface area contributed by atoms with Gasteiger partial charge in [0.15, 0.2) is 6.23 Å². The molecule has 2 unspecified atom stereocenters. The summed E-state index contributed by atoms with van der Waals surface area (Å²) in [6, 6.07) is 5.14. The normalized spacial score (nSPS) is 25.3. The predicted octanol–water partition coefficient (Wildman–Crippen LogP) is 4.46. The SMILES string of the molecule is CC(C)OC1N=CC(c2nc(-c3ccc(OC4CC(C(=O)O)C4)cc3Cl)no2)=CC1Cl. The van der Waals surface area contributed by atoms with Crippen LogP contribution in [-0.2, 0) is 9.53 Å². The van der Waals surface area contributed by atoms with Gasteiger partial charge in [0.2, 0.25) is 5.82 Å². The van der Waals surface area contributed by atoms with Gasteiger partial charge in [-0.1, -0.05) is 16.8 Å². The fraction of sp³-hybridized carbons (Fsp3) is 0.429. The molecule has 1 aromatic carbocycles. The van der Waals surface area contributed by atoms with E-state index < -0.39 is 17.6 Å². The van der Waals surface area contributed by atoms with Gasteiger partial charge in [-0.2, -0.15) is 4.98 Å². The van der Waals surface area contributed by atoms with Crippen molar-refractivity contribution in [3.05, 3.63) is 35.2 Å². The zero-order valence-corrected chi connectivity index (χ0v) is 18.4. The van der Waals surface area contributed by atoms with Gasteiger partial charge in [-0.25, -0.2) is 0 Å². The van der Waals surface area contributed by atoms with Gasteiger partial charge in [-0.05, 0) is 51.0 Å². The maximum absolute atomic E-state index is 10.9. The number of aliphatic imine (C=N–C) groups is 1. The van der Waals surface area contributed by atoms with Gasteiger partial charge in [0.1, 0.15) is 11.9 Å². The third kappa shape index (κ3) is 4.92. The van der Waals surface area contributed by atoms with E-state index in [1.165, 1.54) is 0 Å². The molecule has 10 heteroatoms. The summed E-state index contributed by atoms with van der Waals surface area (Å²) < 4.78 is 16.8. The molecule has 1 saturated carbocycles. The third-order valence-corrected chi connectivity index (χ3v) is 5.64. The van der Waals surface area contributed by atoms with Crippen LogP contribution in [-0.4, -0.2) is 51.2 Å². The van der Waals surface area contributed by atoms with Gasteiger partial charge in [0.05, 0.1) is 28.0 Å². The molecule has 0 saturated heterocycles. The van der Waals surface area contributed by atoms with E-state index >= 15 is 0 Å². The molecule has 2 aliphatic rings. The number of carboxylic acids is 1. The first-order valence-electron chi connectivity index (χ1n) is 9.88. The maximum atomic E-state index is 10.9. The number of nitrogens with zero attached hydrogens (tertiary/aromatic N) is 3. The number of alkyl halides is 1. The number of dihydropyridines is 1.